The molecule has 114 valence electrons. The fraction of sp³-hybridized carbons (Fsp3) is 0.533. The van der Waals surface area contributed by atoms with Crippen LogP contribution in [0.3, 0.4) is 0 Å². The lowest BCUT2D eigenvalue weighted by atomic mass is 9.80. The molecule has 21 heavy (non-hydrogen) atoms. The molecule has 0 bridgehead atoms. The molecule has 0 spiro atoms. The van der Waals surface area contributed by atoms with Crippen LogP contribution in [0.25, 0.3) is 0 Å². The lowest BCUT2D eigenvalue weighted by molar-refractivity contribution is -0.384. The Morgan fingerprint density at radius 3 is 2.43 bits per heavy atom. The monoisotopic (exact) mass is 292 g/mol. The molecule has 0 saturated heterocycles. The van der Waals surface area contributed by atoms with Gasteiger partial charge in [0.1, 0.15) is 5.69 Å². The van der Waals surface area contributed by atoms with Gasteiger partial charge in [-0.15, -0.1) is 0 Å². The average Bonchev–Trinajstić information content (AvgIpc) is 2.37. The van der Waals surface area contributed by atoms with Gasteiger partial charge in [0.15, 0.2) is 0 Å². The molecule has 1 fully saturated rings. The number of nitrogens with zero attached hydrogens (tertiary/aromatic N) is 1. The number of benzene rings is 1. The van der Waals surface area contributed by atoms with Gasteiger partial charge in [-0.25, -0.2) is 4.79 Å². The number of nitro benzene ring substituents is 1. The van der Waals surface area contributed by atoms with Crippen LogP contribution in [0.5, 0.6) is 0 Å². The summed E-state index contributed by atoms with van der Waals surface area (Å²) in [5.41, 5.74) is -0.0999. The third kappa shape index (κ3) is 3.51. The minimum absolute atomic E-state index is 0.0462. The molecule has 2 atom stereocenters. The Hall–Kier alpha value is -2.11. The largest absolute Gasteiger partial charge is 0.478 e. The molecule has 2 N–H and O–H groups in total. The molecule has 1 aromatic rings. The molecule has 2 unspecified atom stereocenters. The van der Waals surface area contributed by atoms with E-state index in [1.165, 1.54) is 18.2 Å². The van der Waals surface area contributed by atoms with Crippen molar-refractivity contribution in [1.29, 1.82) is 0 Å². The highest BCUT2D eigenvalue weighted by Crippen LogP contribution is 2.34. The van der Waals surface area contributed by atoms with Crippen LogP contribution < -0.4 is 5.32 Å². The minimum Gasteiger partial charge on any atom is -0.478 e. The first-order chi connectivity index (χ1) is 9.88. The van der Waals surface area contributed by atoms with E-state index < -0.39 is 10.9 Å². The van der Waals surface area contributed by atoms with Crippen LogP contribution >= 0.6 is 0 Å². The third-order valence-corrected chi connectivity index (χ3v) is 4.00. The summed E-state index contributed by atoms with van der Waals surface area (Å²) in [5.74, 6) is -0.0947. The molecule has 0 amide bonds. The van der Waals surface area contributed by atoms with E-state index in [1.54, 1.807) is 0 Å². The van der Waals surface area contributed by atoms with E-state index in [2.05, 4.69) is 19.2 Å². The first-order valence-corrected chi connectivity index (χ1v) is 7.15. The number of hydrogen-bond acceptors (Lipinski definition) is 4. The van der Waals surface area contributed by atoms with Crippen molar-refractivity contribution in [3.8, 4) is 0 Å². The van der Waals surface area contributed by atoms with Gasteiger partial charge in [-0.3, -0.25) is 10.1 Å². The maximum atomic E-state index is 11.3. The molecule has 0 aliphatic heterocycles. The van der Waals surface area contributed by atoms with Crippen LogP contribution in [-0.4, -0.2) is 22.0 Å². The summed E-state index contributed by atoms with van der Waals surface area (Å²) >= 11 is 0. The minimum atomic E-state index is -1.15. The summed E-state index contributed by atoms with van der Waals surface area (Å²) in [6, 6.07) is 4.21. The molecule has 0 aromatic heterocycles. The quantitative estimate of drug-likeness (QED) is 0.654. The number of carboxylic acid groups (broad SMARTS) is 1. The van der Waals surface area contributed by atoms with Crippen LogP contribution in [0.2, 0.25) is 0 Å². The second-order valence-corrected chi connectivity index (χ2v) is 6.02. The van der Waals surface area contributed by atoms with Gasteiger partial charge in [0, 0.05) is 12.1 Å². The summed E-state index contributed by atoms with van der Waals surface area (Å²) < 4.78 is 0. The molecular formula is C15H20N2O4. The van der Waals surface area contributed by atoms with Crippen LogP contribution in [-0.2, 0) is 0 Å². The second kappa shape index (κ2) is 6.11. The van der Waals surface area contributed by atoms with Crippen molar-refractivity contribution >= 4 is 17.3 Å². The number of aromatic carboxylic acids is 1. The standard InChI is InChI=1S/C15H20N2O4/c1-9-6-10(2)8-11(7-9)16-14-12(15(18)19)4-3-5-13(14)17(20)21/h3-5,9-11,16H,6-8H2,1-2H3,(H,18,19). The van der Waals surface area contributed by atoms with E-state index >= 15 is 0 Å². The molecule has 6 nitrogen and oxygen atoms in total. The average molecular weight is 292 g/mol. The lowest BCUT2D eigenvalue weighted by Crippen LogP contribution is -2.31. The zero-order chi connectivity index (χ0) is 15.6. The van der Waals surface area contributed by atoms with Crippen molar-refractivity contribution in [3.63, 3.8) is 0 Å². The zero-order valence-electron chi connectivity index (χ0n) is 12.2. The summed E-state index contributed by atoms with van der Waals surface area (Å²) in [6.07, 6.45) is 2.94. The maximum absolute atomic E-state index is 11.3. The Balaban J connectivity index is 2.33. The van der Waals surface area contributed by atoms with Crippen molar-refractivity contribution in [2.45, 2.75) is 39.2 Å². The number of anilines is 1. The van der Waals surface area contributed by atoms with E-state index in [0.29, 0.717) is 11.8 Å². The molecule has 0 heterocycles. The van der Waals surface area contributed by atoms with Crippen LogP contribution in [0.4, 0.5) is 11.4 Å². The number of carboxylic acids is 1. The van der Waals surface area contributed by atoms with E-state index in [-0.39, 0.29) is 23.0 Å². The molecule has 1 saturated carbocycles. The number of nitrogens with one attached hydrogen (secondary N) is 1. The van der Waals surface area contributed by atoms with E-state index in [4.69, 9.17) is 0 Å². The zero-order valence-corrected chi connectivity index (χ0v) is 12.2. The molecule has 2 rings (SSSR count). The van der Waals surface area contributed by atoms with Crippen molar-refractivity contribution in [2.75, 3.05) is 5.32 Å². The van der Waals surface area contributed by atoms with E-state index in [1.807, 2.05) is 0 Å². The van der Waals surface area contributed by atoms with Crippen molar-refractivity contribution in [3.05, 3.63) is 33.9 Å². The highest BCUT2D eigenvalue weighted by molar-refractivity contribution is 5.96. The molecule has 1 aliphatic carbocycles. The smallest absolute Gasteiger partial charge is 0.338 e. The van der Waals surface area contributed by atoms with Crippen molar-refractivity contribution < 1.29 is 14.8 Å². The Labute approximate surface area is 123 Å². The highest BCUT2D eigenvalue weighted by atomic mass is 16.6. The van der Waals surface area contributed by atoms with Gasteiger partial charge in [0.05, 0.1) is 10.5 Å². The van der Waals surface area contributed by atoms with Crippen LogP contribution in [0, 0.1) is 22.0 Å². The number of rotatable bonds is 4. The first kappa shape index (κ1) is 15.3. The Kier molecular flexibility index (Phi) is 4.45. The summed E-state index contributed by atoms with van der Waals surface area (Å²) in [6.45, 7) is 4.31. The topological polar surface area (TPSA) is 92.5 Å². The van der Waals surface area contributed by atoms with Gasteiger partial charge in [-0.2, -0.15) is 0 Å². The van der Waals surface area contributed by atoms with Gasteiger partial charge < -0.3 is 10.4 Å². The van der Waals surface area contributed by atoms with Gasteiger partial charge in [0.25, 0.3) is 5.69 Å². The fourth-order valence-electron chi connectivity index (χ4n) is 3.29. The molecule has 0 radical (unpaired) electrons. The second-order valence-electron chi connectivity index (χ2n) is 6.02. The maximum Gasteiger partial charge on any atom is 0.338 e. The van der Waals surface area contributed by atoms with Gasteiger partial charge in [-0.1, -0.05) is 19.9 Å². The normalized spacial score (nSPS) is 25.3. The third-order valence-electron chi connectivity index (χ3n) is 4.00. The SMILES string of the molecule is CC1CC(C)CC(Nc2c(C(=O)O)cccc2[N+](=O)[O-])C1. The number of nitro groups is 1. The fourth-order valence-corrected chi connectivity index (χ4v) is 3.29. The van der Waals surface area contributed by atoms with Crippen molar-refractivity contribution in [2.24, 2.45) is 11.8 Å². The molecule has 1 aliphatic rings. The Morgan fingerprint density at radius 1 is 1.29 bits per heavy atom. The lowest BCUT2D eigenvalue weighted by Gasteiger charge is -2.32. The van der Waals surface area contributed by atoms with Gasteiger partial charge in [0.2, 0.25) is 0 Å². The summed E-state index contributed by atoms with van der Waals surface area (Å²) in [5, 5.41) is 23.5. The molecule has 1 aromatic carbocycles. The predicted molar refractivity (Wildman–Crippen MR) is 79.6 cm³/mol. The Morgan fingerprint density at radius 2 is 1.90 bits per heavy atom. The first-order valence-electron chi connectivity index (χ1n) is 7.15. The van der Waals surface area contributed by atoms with E-state index in [0.717, 1.165) is 19.3 Å². The Bertz CT molecular complexity index is 516. The predicted octanol–water partition coefficient (Wildman–Crippen LogP) is 3.53. The summed E-state index contributed by atoms with van der Waals surface area (Å²) in [4.78, 5) is 21.9. The number of carbonyl (C=O) groups is 1. The molecular weight excluding hydrogens is 272 g/mol. The highest BCUT2D eigenvalue weighted by Gasteiger charge is 2.28. The van der Waals surface area contributed by atoms with Gasteiger partial charge >= 0.3 is 5.97 Å². The van der Waals surface area contributed by atoms with E-state index in [9.17, 15) is 20.0 Å². The van der Waals surface area contributed by atoms with Crippen molar-refractivity contribution in [1.82, 2.24) is 0 Å². The van der Waals surface area contributed by atoms with Crippen LogP contribution in [0.1, 0.15) is 43.5 Å². The number of para-hydroxylation sites is 1. The number of hydrogen-bond donors (Lipinski definition) is 2. The summed E-state index contributed by atoms with van der Waals surface area (Å²) in [7, 11) is 0. The van der Waals surface area contributed by atoms with Crippen LogP contribution in [0.15, 0.2) is 18.2 Å². The molecule has 6 heteroatoms. The van der Waals surface area contributed by atoms with Gasteiger partial charge in [-0.05, 0) is 37.2 Å².